The van der Waals surface area contributed by atoms with Crippen molar-refractivity contribution in [2.24, 2.45) is 11.5 Å². The van der Waals surface area contributed by atoms with Gasteiger partial charge in [0.15, 0.2) is 0 Å². The van der Waals surface area contributed by atoms with Crippen LogP contribution in [0.2, 0.25) is 5.02 Å². The highest BCUT2D eigenvalue weighted by atomic mass is 35.5. The van der Waals surface area contributed by atoms with E-state index in [0.29, 0.717) is 93.4 Å². The van der Waals surface area contributed by atoms with Crippen molar-refractivity contribution in [1.82, 2.24) is 44.8 Å². The number of carboxylic acid groups (broad SMARTS) is 3. The zero-order valence-corrected chi connectivity index (χ0v) is 49.7. The van der Waals surface area contributed by atoms with E-state index in [4.69, 9.17) is 52.0 Å². The van der Waals surface area contributed by atoms with E-state index in [2.05, 4.69) is 20.1 Å². The first-order valence-electron chi connectivity index (χ1n) is 29.3. The van der Waals surface area contributed by atoms with E-state index in [9.17, 15) is 44.1 Å². The first-order chi connectivity index (χ1) is 41.4. The van der Waals surface area contributed by atoms with Gasteiger partial charge in [-0.25, -0.2) is 14.4 Å². The molecule has 472 valence electrons. The second kappa shape index (κ2) is 34.0. The molecule has 28 heteroatoms. The van der Waals surface area contributed by atoms with E-state index < -0.39 is 29.9 Å². The first-order valence-corrected chi connectivity index (χ1v) is 29.7. The van der Waals surface area contributed by atoms with Crippen molar-refractivity contribution >= 4 is 69.8 Å². The molecule has 0 saturated carbocycles. The normalized spacial score (nSPS) is 17.1. The topological polar surface area (TPSA) is 328 Å². The van der Waals surface area contributed by atoms with Crippen molar-refractivity contribution in [1.29, 1.82) is 0 Å². The highest BCUT2D eigenvalue weighted by Gasteiger charge is 2.33. The lowest BCUT2D eigenvalue weighted by atomic mass is 9.96. The number of halogens is 2. The number of nitrogens with two attached hydrogens (primary N) is 2. The largest absolute Gasteiger partial charge is 0.480 e. The minimum Gasteiger partial charge on any atom is -0.480 e. The number of primary amides is 1. The second-order valence-corrected chi connectivity index (χ2v) is 22.2. The number of carbonyl (C=O) groups excluding carboxylic acids is 3. The number of H-pyrrole nitrogens is 1. The number of pyridine rings is 1. The molecule has 0 radical (unpaired) electrons. The second-order valence-electron chi connectivity index (χ2n) is 21.7. The third kappa shape index (κ3) is 21.0. The van der Waals surface area contributed by atoms with Crippen LogP contribution in [-0.2, 0) is 47.7 Å². The smallest absolute Gasteiger partial charge is 0.320 e. The van der Waals surface area contributed by atoms with Gasteiger partial charge in [-0.15, -0.1) is 0 Å². The van der Waals surface area contributed by atoms with Crippen LogP contribution < -0.4 is 26.6 Å². The summed E-state index contributed by atoms with van der Waals surface area (Å²) in [6, 6.07) is 9.50. The van der Waals surface area contributed by atoms with Gasteiger partial charge in [0.25, 0.3) is 0 Å². The summed E-state index contributed by atoms with van der Waals surface area (Å²) in [4.78, 5) is 100. The monoisotopic (exact) mass is 1220 g/mol. The zero-order valence-electron chi connectivity index (χ0n) is 49.0. The number of aromatic nitrogens is 3. The highest BCUT2D eigenvalue weighted by molar-refractivity contribution is 6.31. The molecule has 5 heterocycles. The number of aliphatic carboxylic acids is 3. The quantitative estimate of drug-likeness (QED) is 0.0365. The summed E-state index contributed by atoms with van der Waals surface area (Å²) in [7, 11) is 0. The molecule has 0 bridgehead atoms. The molecule has 86 heavy (non-hydrogen) atoms. The number of hydrogen-bond acceptors (Lipinski definition) is 19. The van der Waals surface area contributed by atoms with Crippen molar-refractivity contribution in [3.63, 3.8) is 0 Å². The summed E-state index contributed by atoms with van der Waals surface area (Å²) >= 11 is 6.41. The van der Waals surface area contributed by atoms with Crippen LogP contribution >= 0.6 is 11.6 Å². The summed E-state index contributed by atoms with van der Waals surface area (Å²) < 4.78 is 37.6. The number of piperazine rings is 1. The van der Waals surface area contributed by atoms with Gasteiger partial charge in [-0.05, 0) is 67.6 Å². The Hall–Kier alpha value is -6.66. The Balaban J connectivity index is 0.774. The van der Waals surface area contributed by atoms with Crippen LogP contribution in [-0.4, -0.2) is 273 Å². The van der Waals surface area contributed by atoms with Crippen molar-refractivity contribution in [3.8, 4) is 22.5 Å². The lowest BCUT2D eigenvalue weighted by Gasteiger charge is -2.39. The highest BCUT2D eigenvalue weighted by Crippen LogP contribution is 2.45. The molecule has 1 atom stereocenters. The molecule has 2 aromatic carbocycles. The summed E-state index contributed by atoms with van der Waals surface area (Å²) in [6.45, 7) is 8.58. The Bertz CT molecular complexity index is 2840. The van der Waals surface area contributed by atoms with Gasteiger partial charge >= 0.3 is 17.9 Å². The number of hydrogen-bond donors (Lipinski definition) is 7. The van der Waals surface area contributed by atoms with Crippen LogP contribution in [0, 0.1) is 12.7 Å². The fourth-order valence-corrected chi connectivity index (χ4v) is 11.0. The predicted molar refractivity (Wildman–Crippen MR) is 320 cm³/mol. The fourth-order valence-electron chi connectivity index (χ4n) is 10.9. The number of rotatable bonds is 30. The van der Waals surface area contributed by atoms with Gasteiger partial charge in [0, 0.05) is 127 Å². The number of ether oxygens (including phenoxy) is 4. The number of aromatic amines is 1. The molecule has 3 amide bonds. The van der Waals surface area contributed by atoms with Gasteiger partial charge < -0.3 is 70.7 Å². The zero-order chi connectivity index (χ0) is 61.5. The number of aryl methyl sites for hydroxylation is 1. The number of nitrogens with one attached hydrogen (secondary N) is 2. The maximum atomic E-state index is 15.0. The van der Waals surface area contributed by atoms with Crippen molar-refractivity contribution in [2.75, 3.05) is 180 Å². The van der Waals surface area contributed by atoms with E-state index in [1.165, 1.54) is 12.1 Å². The molecule has 0 spiro atoms. The molecule has 3 aliphatic rings. The predicted octanol–water partition coefficient (Wildman–Crippen LogP) is 1.65. The van der Waals surface area contributed by atoms with Crippen LogP contribution in [0.15, 0.2) is 42.6 Å². The average molecular weight is 1220 g/mol. The van der Waals surface area contributed by atoms with Gasteiger partial charge in [-0.1, -0.05) is 17.7 Å². The van der Waals surface area contributed by atoms with Crippen LogP contribution in [0.25, 0.3) is 33.5 Å². The van der Waals surface area contributed by atoms with E-state index >= 15 is 4.39 Å². The Morgan fingerprint density at radius 1 is 0.721 bits per heavy atom. The molecular weight excluding hydrogens is 1140 g/mol. The molecule has 3 fully saturated rings. The number of carboxylic acids is 3. The molecule has 3 aliphatic heterocycles. The standard InChI is InChI=1S/C58H83ClFN13O13/c1-40-32-41(34-43(60)33-40)45-36-64-57(54(55(45)72-10-6-44(61)7-11-72)56-65-46-3-2-42(59)35-47(46)66-56)73-22-20-71(21-23-73)51(76)8-24-83-26-28-85-30-31-86-29-27-84-25-9-63-50(75)5-4-48(58(81)82)70-18-16-68(38-52(77)78)14-12-67(37-49(62)74)13-15-69(17-19-70)39-53(79)80/h2-3,32-36,44,48H,4-31,37-39,61H2,1H3,(H2,62,74)(H,63,75)(H,65,66)(H,77,78)(H,79,80)(H,81,82). The number of carbonyl (C=O) groups is 6. The van der Waals surface area contributed by atoms with E-state index in [-0.39, 0.29) is 148 Å². The lowest BCUT2D eigenvalue weighted by molar-refractivity contribution is -0.145. The SMILES string of the molecule is Cc1cc(F)cc(-c2cnc(N3CCN(C(=O)CCOCCOCCOCCOCCNC(=O)CCC(C(=O)O)N4CCN(CC(=O)O)CCN(CC(N)=O)CCN(CC(=O)O)CC4)CC3)c(-c3nc4cc(Cl)ccc4[nH]3)c2N2CCC(N)CC2)c1. The molecule has 26 nitrogen and oxygen atoms in total. The Labute approximate surface area is 504 Å². The molecular formula is C58H83ClFN13O13. The van der Waals surface area contributed by atoms with Crippen LogP contribution in [0.3, 0.4) is 0 Å². The summed E-state index contributed by atoms with van der Waals surface area (Å²) in [5.74, 6) is -3.31. The van der Waals surface area contributed by atoms with Gasteiger partial charge in [-0.2, -0.15) is 0 Å². The Morgan fingerprint density at radius 3 is 1.88 bits per heavy atom. The summed E-state index contributed by atoms with van der Waals surface area (Å²) in [5, 5.41) is 32.6. The number of nitrogens with zero attached hydrogens (tertiary/aromatic N) is 9. The first kappa shape index (κ1) is 66.9. The number of piperidine rings is 1. The molecule has 2 aromatic heterocycles. The Kier molecular flexibility index (Phi) is 26.5. The molecule has 0 aliphatic carbocycles. The number of amides is 3. The molecule has 4 aromatic rings. The molecule has 9 N–H and O–H groups in total. The summed E-state index contributed by atoms with van der Waals surface area (Å²) in [6.07, 6.45) is 3.45. The van der Waals surface area contributed by atoms with E-state index in [1.54, 1.807) is 19.6 Å². The van der Waals surface area contributed by atoms with E-state index in [1.807, 2.05) is 42.3 Å². The fraction of sp³-hybridized carbons (Fsp3) is 0.586. The maximum Gasteiger partial charge on any atom is 0.320 e. The van der Waals surface area contributed by atoms with Crippen LogP contribution in [0.1, 0.15) is 37.7 Å². The van der Waals surface area contributed by atoms with Crippen LogP contribution in [0.5, 0.6) is 0 Å². The number of fused-ring (bicyclic) bond motifs is 1. The van der Waals surface area contributed by atoms with Crippen molar-refractivity contribution in [3.05, 3.63) is 59.0 Å². The van der Waals surface area contributed by atoms with Gasteiger partial charge in [-0.3, -0.25) is 48.4 Å². The molecule has 7 rings (SSSR count). The third-order valence-electron chi connectivity index (χ3n) is 15.3. The molecule has 1 unspecified atom stereocenters. The van der Waals surface area contributed by atoms with Crippen LogP contribution in [0.4, 0.5) is 15.9 Å². The van der Waals surface area contributed by atoms with Gasteiger partial charge in [0.2, 0.25) is 17.7 Å². The van der Waals surface area contributed by atoms with Crippen molar-refractivity contribution < 1.29 is 67.4 Å². The number of anilines is 2. The minimum absolute atomic E-state index is 0.0165. The number of imidazole rings is 1. The van der Waals surface area contributed by atoms with E-state index in [0.717, 1.165) is 40.7 Å². The summed E-state index contributed by atoms with van der Waals surface area (Å²) in [5.41, 5.74) is 17.3. The maximum absolute atomic E-state index is 15.0. The van der Waals surface area contributed by atoms with Gasteiger partial charge in [0.05, 0.1) is 101 Å². The van der Waals surface area contributed by atoms with Gasteiger partial charge in [0.1, 0.15) is 23.5 Å². The number of benzene rings is 2. The third-order valence-corrected chi connectivity index (χ3v) is 15.6. The van der Waals surface area contributed by atoms with Crippen molar-refractivity contribution in [2.45, 2.75) is 51.1 Å². The minimum atomic E-state index is -1.17. The average Bonchev–Trinajstić information content (AvgIpc) is 1.36. The molecule has 3 saturated heterocycles. The lowest BCUT2D eigenvalue weighted by Crippen LogP contribution is -2.52. The Morgan fingerprint density at radius 2 is 1.30 bits per heavy atom.